The highest BCUT2D eigenvalue weighted by atomic mass is 16.6. The molecule has 0 atom stereocenters. The number of ether oxygens (including phenoxy) is 4. The monoisotopic (exact) mass is 612 g/mol. The second-order valence-corrected chi connectivity index (χ2v) is 12.6. The third-order valence-electron chi connectivity index (χ3n) is 6.68. The Bertz CT molecular complexity index is 1730. The molecule has 1 saturated heterocycles. The van der Waals surface area contributed by atoms with Crippen LogP contribution < -0.4 is 9.64 Å². The van der Waals surface area contributed by atoms with E-state index in [-0.39, 0.29) is 11.9 Å². The van der Waals surface area contributed by atoms with Crippen LogP contribution in [-0.2, 0) is 14.2 Å². The molecule has 1 fully saturated rings. The zero-order chi connectivity index (χ0) is 32.4. The number of benzene rings is 1. The maximum Gasteiger partial charge on any atom is 0.425 e. The van der Waals surface area contributed by atoms with Gasteiger partial charge < -0.3 is 23.9 Å². The first-order valence-electron chi connectivity index (χ1n) is 14.7. The zero-order valence-electron chi connectivity index (χ0n) is 26.2. The number of aromatic nitrogens is 4. The quantitative estimate of drug-likeness (QED) is 0.255. The van der Waals surface area contributed by atoms with Gasteiger partial charge in [-0.15, -0.1) is 0 Å². The minimum atomic E-state index is -0.943. The van der Waals surface area contributed by atoms with Gasteiger partial charge in [0.05, 0.1) is 36.9 Å². The number of pyridine rings is 1. The van der Waals surface area contributed by atoms with Crippen molar-refractivity contribution in [3.63, 3.8) is 0 Å². The number of nitrogens with one attached hydrogen (secondary N) is 1. The van der Waals surface area contributed by atoms with Gasteiger partial charge in [0.15, 0.2) is 5.82 Å². The number of fused-ring (bicyclic) bond motifs is 1. The third-order valence-corrected chi connectivity index (χ3v) is 6.68. The predicted octanol–water partition coefficient (Wildman–Crippen LogP) is 6.79. The van der Waals surface area contributed by atoms with Crippen LogP contribution in [0.5, 0.6) is 5.75 Å². The highest BCUT2D eigenvalue weighted by Crippen LogP contribution is 2.34. The van der Waals surface area contributed by atoms with Gasteiger partial charge in [0.25, 0.3) is 0 Å². The van der Waals surface area contributed by atoms with Crippen LogP contribution in [0.15, 0.2) is 48.9 Å². The molecule has 12 nitrogen and oxygen atoms in total. The van der Waals surface area contributed by atoms with Crippen LogP contribution in [0.1, 0.15) is 59.9 Å². The Kier molecular flexibility index (Phi) is 8.75. The molecule has 234 valence electrons. The highest BCUT2D eigenvalue weighted by Gasteiger charge is 2.34. The molecule has 1 aromatic carbocycles. The molecule has 4 heterocycles. The fraction of sp³-hybridized carbons (Fsp3) is 0.394. The number of H-pyrrole nitrogens is 1. The first-order valence-corrected chi connectivity index (χ1v) is 14.7. The lowest BCUT2D eigenvalue weighted by atomic mass is 10.0. The maximum atomic E-state index is 13.1. The van der Waals surface area contributed by atoms with E-state index in [1.807, 2.05) is 24.3 Å². The van der Waals surface area contributed by atoms with Gasteiger partial charge in [-0.05, 0) is 76.9 Å². The molecule has 0 unspecified atom stereocenters. The van der Waals surface area contributed by atoms with E-state index in [0.717, 1.165) is 34.3 Å². The van der Waals surface area contributed by atoms with Gasteiger partial charge in [0.2, 0.25) is 0 Å². The number of hydrogen-bond donors (Lipinski definition) is 1. The second kappa shape index (κ2) is 12.5. The normalized spacial score (nSPS) is 14.1. The average molecular weight is 613 g/mol. The predicted molar refractivity (Wildman–Crippen MR) is 167 cm³/mol. The highest BCUT2D eigenvalue weighted by molar-refractivity contribution is 6.08. The SMILES string of the molecule is CC(C)(C)OC(=O)N(C(=O)OC(C)(C)C)c1cncc(-c2cc3c(-c4ccc(OC5CCOCC5)c(C#N)c4)ccnc3[nH]2)n1. The summed E-state index contributed by atoms with van der Waals surface area (Å²) in [5.74, 6) is 0.474. The van der Waals surface area contributed by atoms with Gasteiger partial charge >= 0.3 is 12.2 Å². The summed E-state index contributed by atoms with van der Waals surface area (Å²) in [6.45, 7) is 11.5. The summed E-state index contributed by atoms with van der Waals surface area (Å²) in [4.78, 5) is 43.6. The molecule has 0 radical (unpaired) electrons. The Labute approximate surface area is 261 Å². The van der Waals surface area contributed by atoms with Gasteiger partial charge in [-0.3, -0.25) is 4.98 Å². The number of hydrogen-bond acceptors (Lipinski definition) is 10. The summed E-state index contributed by atoms with van der Waals surface area (Å²) >= 11 is 0. The van der Waals surface area contributed by atoms with Crippen molar-refractivity contribution in [2.45, 2.75) is 71.7 Å². The van der Waals surface area contributed by atoms with Crippen molar-refractivity contribution in [1.29, 1.82) is 5.26 Å². The lowest BCUT2D eigenvalue weighted by molar-refractivity contribution is 0.0254. The number of anilines is 1. The zero-order valence-corrected chi connectivity index (χ0v) is 26.2. The number of amides is 2. The summed E-state index contributed by atoms with van der Waals surface area (Å²) in [7, 11) is 0. The third kappa shape index (κ3) is 7.56. The van der Waals surface area contributed by atoms with E-state index in [9.17, 15) is 14.9 Å². The lowest BCUT2D eigenvalue weighted by Gasteiger charge is -2.28. The van der Waals surface area contributed by atoms with Crippen LogP contribution in [-0.4, -0.2) is 62.6 Å². The van der Waals surface area contributed by atoms with Crippen molar-refractivity contribution < 1.29 is 28.5 Å². The average Bonchev–Trinajstić information content (AvgIpc) is 3.41. The van der Waals surface area contributed by atoms with E-state index in [2.05, 4.69) is 26.0 Å². The summed E-state index contributed by atoms with van der Waals surface area (Å²) in [6.07, 6.45) is 4.15. The van der Waals surface area contributed by atoms with Crippen molar-refractivity contribution in [2.24, 2.45) is 0 Å². The second-order valence-electron chi connectivity index (χ2n) is 12.6. The number of nitrogens with zero attached hydrogens (tertiary/aromatic N) is 5. The lowest BCUT2D eigenvalue weighted by Crippen LogP contribution is -2.44. The number of rotatable bonds is 5. The fourth-order valence-electron chi connectivity index (χ4n) is 4.75. The van der Waals surface area contributed by atoms with Gasteiger partial charge in [-0.1, -0.05) is 6.07 Å². The topological polar surface area (TPSA) is 153 Å². The van der Waals surface area contributed by atoms with Gasteiger partial charge in [0, 0.05) is 24.4 Å². The molecule has 0 spiro atoms. The molecule has 2 amide bonds. The van der Waals surface area contributed by atoms with Crippen LogP contribution in [0, 0.1) is 11.3 Å². The molecule has 4 aromatic rings. The molecule has 1 aliphatic heterocycles. The van der Waals surface area contributed by atoms with Gasteiger partial charge in [0.1, 0.15) is 40.5 Å². The largest absolute Gasteiger partial charge is 0.489 e. The number of aromatic amines is 1. The van der Waals surface area contributed by atoms with E-state index in [0.29, 0.717) is 41.6 Å². The molecule has 0 bridgehead atoms. The minimum absolute atomic E-state index is 0.00926. The van der Waals surface area contributed by atoms with Crippen LogP contribution in [0.3, 0.4) is 0 Å². The van der Waals surface area contributed by atoms with Gasteiger partial charge in [-0.25, -0.2) is 19.6 Å². The molecule has 5 rings (SSSR count). The van der Waals surface area contributed by atoms with Gasteiger partial charge in [-0.2, -0.15) is 10.2 Å². The number of carbonyl (C=O) groups excluding carboxylic acids is 2. The molecule has 1 aliphatic rings. The van der Waals surface area contributed by atoms with E-state index in [1.165, 1.54) is 12.4 Å². The van der Waals surface area contributed by atoms with E-state index < -0.39 is 23.4 Å². The molecule has 12 heteroatoms. The van der Waals surface area contributed by atoms with Crippen molar-refractivity contribution >= 4 is 29.0 Å². The molecular weight excluding hydrogens is 576 g/mol. The Morgan fingerprint density at radius 3 is 2.33 bits per heavy atom. The van der Waals surface area contributed by atoms with Crippen LogP contribution in [0.4, 0.5) is 15.4 Å². The van der Waals surface area contributed by atoms with Crippen molar-refractivity contribution in [3.05, 3.63) is 54.5 Å². The minimum Gasteiger partial charge on any atom is -0.489 e. The summed E-state index contributed by atoms with van der Waals surface area (Å²) < 4.78 is 22.5. The number of nitriles is 1. The molecule has 45 heavy (non-hydrogen) atoms. The first-order chi connectivity index (χ1) is 21.3. The molecule has 1 N–H and O–H groups in total. The first kappa shape index (κ1) is 31.4. The van der Waals surface area contributed by atoms with E-state index in [1.54, 1.807) is 53.8 Å². The van der Waals surface area contributed by atoms with Crippen molar-refractivity contribution in [1.82, 2.24) is 19.9 Å². The van der Waals surface area contributed by atoms with E-state index in [4.69, 9.17) is 18.9 Å². The standard InChI is InChI=1S/C33H36N6O6/c1-32(2,3)44-30(40)39(31(41)45-33(4,5)6)28-19-35-18-26(37-28)25-16-24-23(9-12-36-29(24)38-25)20-7-8-27(21(15-20)17-34)43-22-10-13-42-14-11-22/h7-9,12,15-16,18-19,22H,10-11,13-14H2,1-6H3,(H,36,38). The Morgan fingerprint density at radius 1 is 1.00 bits per heavy atom. The molecule has 0 saturated carbocycles. The Hall–Kier alpha value is -5.02. The Balaban J connectivity index is 1.49. The summed E-state index contributed by atoms with van der Waals surface area (Å²) in [5, 5.41) is 10.7. The molecule has 0 aliphatic carbocycles. The smallest absolute Gasteiger partial charge is 0.425 e. The number of imide groups is 1. The van der Waals surface area contributed by atoms with E-state index >= 15 is 0 Å². The Morgan fingerprint density at radius 2 is 1.69 bits per heavy atom. The number of carbonyl (C=O) groups is 2. The van der Waals surface area contributed by atoms with Crippen LogP contribution in [0.2, 0.25) is 0 Å². The maximum absolute atomic E-state index is 13.1. The van der Waals surface area contributed by atoms with Crippen LogP contribution in [0.25, 0.3) is 33.5 Å². The fourth-order valence-corrected chi connectivity index (χ4v) is 4.75. The molecule has 3 aromatic heterocycles. The van der Waals surface area contributed by atoms with Crippen molar-refractivity contribution in [2.75, 3.05) is 18.1 Å². The van der Waals surface area contributed by atoms with Crippen molar-refractivity contribution in [3.8, 4) is 34.3 Å². The summed E-state index contributed by atoms with van der Waals surface area (Å²) in [5.41, 5.74) is 1.81. The van der Waals surface area contributed by atoms with Crippen LogP contribution >= 0.6 is 0 Å². The summed E-state index contributed by atoms with van der Waals surface area (Å²) in [6, 6.07) is 11.5. The molecular formula is C33H36N6O6.